The smallest absolute Gasteiger partial charge is 0.165 e. The molecule has 1 aromatic rings. The number of piperidine rings is 1. The minimum Gasteiger partial charge on any atom is -0.493 e. The fraction of sp³-hybridized carbons (Fsp3) is 0.700. The van der Waals surface area contributed by atoms with Crippen LogP contribution in [0.2, 0.25) is 0 Å². The molecule has 25 heavy (non-hydrogen) atoms. The first kappa shape index (κ1) is 15.9. The van der Waals surface area contributed by atoms with E-state index in [1.54, 1.807) is 7.11 Å². The van der Waals surface area contributed by atoms with Crippen LogP contribution in [0.15, 0.2) is 12.1 Å². The molecule has 5 rings (SSSR count). The molecule has 2 bridgehead atoms. The van der Waals surface area contributed by atoms with E-state index in [4.69, 9.17) is 9.47 Å². The number of benzene rings is 1. The van der Waals surface area contributed by atoms with Gasteiger partial charge in [-0.3, -0.25) is 0 Å². The van der Waals surface area contributed by atoms with Crippen LogP contribution in [0.25, 0.3) is 0 Å². The number of likely N-dealkylation sites (tertiary alicyclic amines) is 1. The summed E-state index contributed by atoms with van der Waals surface area (Å²) < 4.78 is 12.3. The van der Waals surface area contributed by atoms with Crippen molar-refractivity contribution in [2.45, 2.75) is 49.3 Å². The van der Waals surface area contributed by atoms with Crippen molar-refractivity contribution in [1.82, 2.24) is 10.2 Å². The molecule has 4 aliphatic rings. The van der Waals surface area contributed by atoms with Gasteiger partial charge < -0.3 is 24.8 Å². The summed E-state index contributed by atoms with van der Waals surface area (Å²) in [6.45, 7) is 1.94. The standard InChI is InChI=1S/C20H28N2O3/c1-22-9-7-20-13-4-5-14(21-8-10-23)19(20)25-18-16(24-2)6-3-12(17(18)20)11-15(13)22/h3,6,13-15,19,21,23H,4-5,7-11H2,1-2H3/t13-,14?,15+,19-,20-/m1/s1. The molecule has 2 aliphatic heterocycles. The highest BCUT2D eigenvalue weighted by molar-refractivity contribution is 5.61. The predicted molar refractivity (Wildman–Crippen MR) is 95.4 cm³/mol. The molecule has 2 fully saturated rings. The molecular formula is C20H28N2O3. The van der Waals surface area contributed by atoms with Crippen molar-refractivity contribution < 1.29 is 14.6 Å². The third kappa shape index (κ3) is 1.95. The van der Waals surface area contributed by atoms with Crippen molar-refractivity contribution in [3.8, 4) is 11.5 Å². The van der Waals surface area contributed by atoms with Gasteiger partial charge in [0.05, 0.1) is 13.7 Å². The molecule has 1 saturated heterocycles. The van der Waals surface area contributed by atoms with E-state index in [1.165, 1.54) is 17.5 Å². The lowest BCUT2D eigenvalue weighted by Gasteiger charge is -2.59. The fourth-order valence-electron chi connectivity index (χ4n) is 6.35. The molecule has 2 aliphatic carbocycles. The van der Waals surface area contributed by atoms with E-state index in [-0.39, 0.29) is 18.1 Å². The zero-order valence-electron chi connectivity index (χ0n) is 15.1. The Bertz CT molecular complexity index is 694. The van der Waals surface area contributed by atoms with Crippen LogP contribution in [-0.2, 0) is 11.8 Å². The van der Waals surface area contributed by atoms with Gasteiger partial charge in [0.2, 0.25) is 0 Å². The van der Waals surface area contributed by atoms with Crippen LogP contribution in [0.5, 0.6) is 11.5 Å². The van der Waals surface area contributed by atoms with Gasteiger partial charge in [-0.05, 0) is 56.8 Å². The van der Waals surface area contributed by atoms with E-state index >= 15 is 0 Å². The van der Waals surface area contributed by atoms with Crippen LogP contribution in [0, 0.1) is 5.92 Å². The van der Waals surface area contributed by atoms with Gasteiger partial charge in [0.15, 0.2) is 11.5 Å². The van der Waals surface area contributed by atoms with E-state index in [9.17, 15) is 5.11 Å². The molecule has 5 nitrogen and oxygen atoms in total. The summed E-state index contributed by atoms with van der Waals surface area (Å²) in [5.41, 5.74) is 3.01. The highest BCUT2D eigenvalue weighted by atomic mass is 16.5. The normalized spacial score (nSPS) is 38.2. The SMILES string of the molecule is COc1ccc2c3c1O[C@@H]1C(NCCO)CC[C@@H]4[C@H](C2)N(C)CC[C@@]314. The number of nitrogens with one attached hydrogen (secondary N) is 1. The average molecular weight is 344 g/mol. The Labute approximate surface area is 149 Å². The first-order valence-electron chi connectivity index (χ1n) is 9.62. The molecule has 0 amide bonds. The molecule has 5 atom stereocenters. The monoisotopic (exact) mass is 344 g/mol. The molecule has 136 valence electrons. The predicted octanol–water partition coefficient (Wildman–Crippen LogP) is 1.31. The number of aliphatic hydroxyl groups excluding tert-OH is 1. The Kier molecular flexibility index (Phi) is 3.56. The van der Waals surface area contributed by atoms with Crippen LogP contribution >= 0.6 is 0 Å². The molecule has 5 heteroatoms. The fourth-order valence-corrected chi connectivity index (χ4v) is 6.35. The van der Waals surface area contributed by atoms with Crippen molar-refractivity contribution in [3.63, 3.8) is 0 Å². The summed E-state index contributed by atoms with van der Waals surface area (Å²) in [4.78, 5) is 2.57. The third-order valence-corrected chi connectivity index (χ3v) is 7.32. The summed E-state index contributed by atoms with van der Waals surface area (Å²) >= 11 is 0. The third-order valence-electron chi connectivity index (χ3n) is 7.32. The van der Waals surface area contributed by atoms with Crippen LogP contribution in [0.1, 0.15) is 30.4 Å². The molecule has 1 unspecified atom stereocenters. The Balaban J connectivity index is 1.67. The number of likely N-dealkylation sites (N-methyl/N-ethyl adjacent to an activating group) is 1. The summed E-state index contributed by atoms with van der Waals surface area (Å²) in [5, 5.41) is 12.8. The zero-order chi connectivity index (χ0) is 17.2. The maximum absolute atomic E-state index is 9.28. The van der Waals surface area contributed by atoms with Crippen molar-refractivity contribution in [3.05, 3.63) is 23.3 Å². The highest BCUT2D eigenvalue weighted by Gasteiger charge is 2.65. The Hall–Kier alpha value is -1.30. The first-order valence-corrected chi connectivity index (χ1v) is 9.62. The lowest BCUT2D eigenvalue weighted by Crippen LogP contribution is -2.68. The maximum atomic E-state index is 9.28. The second kappa shape index (κ2) is 5.60. The number of hydrogen-bond acceptors (Lipinski definition) is 5. The summed E-state index contributed by atoms with van der Waals surface area (Å²) in [5.74, 6) is 2.53. The number of rotatable bonds is 4. The Morgan fingerprint density at radius 1 is 1.40 bits per heavy atom. The largest absolute Gasteiger partial charge is 0.493 e. The highest BCUT2D eigenvalue weighted by Crippen LogP contribution is 2.63. The number of nitrogens with zero attached hydrogens (tertiary/aromatic N) is 1. The lowest BCUT2D eigenvalue weighted by molar-refractivity contribution is -0.0576. The van der Waals surface area contributed by atoms with E-state index in [0.717, 1.165) is 37.3 Å². The topological polar surface area (TPSA) is 54.0 Å². The summed E-state index contributed by atoms with van der Waals surface area (Å²) in [7, 11) is 4.02. The van der Waals surface area contributed by atoms with Crippen LogP contribution in [0.4, 0.5) is 0 Å². The molecule has 0 radical (unpaired) electrons. The van der Waals surface area contributed by atoms with Crippen LogP contribution in [0.3, 0.4) is 0 Å². The van der Waals surface area contributed by atoms with E-state index in [0.29, 0.717) is 24.5 Å². The summed E-state index contributed by atoms with van der Waals surface area (Å²) in [6, 6.07) is 5.26. The van der Waals surface area contributed by atoms with Crippen molar-refractivity contribution >= 4 is 0 Å². The van der Waals surface area contributed by atoms with Gasteiger partial charge in [-0.2, -0.15) is 0 Å². The van der Waals surface area contributed by atoms with Gasteiger partial charge in [0.1, 0.15) is 6.10 Å². The molecule has 0 aromatic heterocycles. The molecule has 1 saturated carbocycles. The number of aliphatic hydroxyl groups is 1. The van der Waals surface area contributed by atoms with Gasteiger partial charge >= 0.3 is 0 Å². The van der Waals surface area contributed by atoms with E-state index in [1.807, 2.05) is 0 Å². The zero-order valence-corrected chi connectivity index (χ0v) is 15.1. The maximum Gasteiger partial charge on any atom is 0.165 e. The minimum atomic E-state index is 0.111. The van der Waals surface area contributed by atoms with Gasteiger partial charge in [-0.25, -0.2) is 0 Å². The van der Waals surface area contributed by atoms with Gasteiger partial charge in [-0.1, -0.05) is 6.07 Å². The summed E-state index contributed by atoms with van der Waals surface area (Å²) in [6.07, 6.45) is 4.78. The Morgan fingerprint density at radius 3 is 3.08 bits per heavy atom. The quantitative estimate of drug-likeness (QED) is 0.863. The lowest BCUT2D eigenvalue weighted by atomic mass is 9.51. The van der Waals surface area contributed by atoms with Crippen molar-refractivity contribution in [2.75, 3.05) is 33.9 Å². The molecule has 2 N–H and O–H groups in total. The number of hydrogen-bond donors (Lipinski definition) is 2. The van der Waals surface area contributed by atoms with E-state index in [2.05, 4.69) is 29.4 Å². The van der Waals surface area contributed by atoms with Crippen molar-refractivity contribution in [2.24, 2.45) is 5.92 Å². The van der Waals surface area contributed by atoms with Gasteiger partial charge in [0, 0.05) is 29.6 Å². The minimum absolute atomic E-state index is 0.111. The van der Waals surface area contributed by atoms with Crippen molar-refractivity contribution in [1.29, 1.82) is 0 Å². The second-order valence-electron chi connectivity index (χ2n) is 8.18. The van der Waals surface area contributed by atoms with Crippen LogP contribution < -0.4 is 14.8 Å². The van der Waals surface area contributed by atoms with E-state index < -0.39 is 0 Å². The molecule has 2 heterocycles. The number of methoxy groups -OCH3 is 1. The molecule has 1 spiro atoms. The first-order chi connectivity index (χ1) is 12.2. The second-order valence-corrected chi connectivity index (χ2v) is 8.18. The number of ether oxygens (including phenoxy) is 2. The van der Waals surface area contributed by atoms with Crippen LogP contribution in [-0.4, -0.2) is 62.0 Å². The van der Waals surface area contributed by atoms with Gasteiger partial charge in [0.25, 0.3) is 0 Å². The molecular weight excluding hydrogens is 316 g/mol. The van der Waals surface area contributed by atoms with Gasteiger partial charge in [-0.15, -0.1) is 0 Å². The average Bonchev–Trinajstić information content (AvgIpc) is 2.98. The molecule has 1 aromatic carbocycles. The Morgan fingerprint density at radius 2 is 2.28 bits per heavy atom.